The van der Waals surface area contributed by atoms with Gasteiger partial charge < -0.3 is 20.5 Å². The molecule has 0 fully saturated rings. The van der Waals surface area contributed by atoms with Gasteiger partial charge in [-0.15, -0.1) is 0 Å². The number of halogens is 1. The molecule has 3 rings (SSSR count). The number of aryl methyl sites for hydroxylation is 1. The fourth-order valence-electron chi connectivity index (χ4n) is 2.81. The van der Waals surface area contributed by atoms with Crippen molar-refractivity contribution in [3.05, 3.63) is 88.4 Å². The van der Waals surface area contributed by atoms with E-state index >= 15 is 0 Å². The number of hydrogen-bond donors (Lipinski definition) is 3. The number of rotatable bonds is 7. The number of benzene rings is 3. The SMILES string of the molecule is Cc1cc(C(=O)Nc2ccccc2C(=O)O)ccc1NC(=O)COc1ccccc1Cl. The fourth-order valence-corrected chi connectivity index (χ4v) is 3.00. The summed E-state index contributed by atoms with van der Waals surface area (Å²) in [6.07, 6.45) is 0. The van der Waals surface area contributed by atoms with Gasteiger partial charge in [0.2, 0.25) is 0 Å². The molecule has 3 aromatic carbocycles. The third kappa shape index (κ3) is 5.61. The monoisotopic (exact) mass is 438 g/mol. The van der Waals surface area contributed by atoms with Crippen LogP contribution in [0.25, 0.3) is 0 Å². The summed E-state index contributed by atoms with van der Waals surface area (Å²) in [6.45, 7) is 1.52. The van der Waals surface area contributed by atoms with Crippen molar-refractivity contribution in [3.63, 3.8) is 0 Å². The Bertz CT molecular complexity index is 1150. The molecule has 0 aliphatic carbocycles. The molecule has 0 bridgehead atoms. The van der Waals surface area contributed by atoms with Gasteiger partial charge in [0.25, 0.3) is 11.8 Å². The van der Waals surface area contributed by atoms with Crippen LogP contribution in [0, 0.1) is 6.92 Å². The highest BCUT2D eigenvalue weighted by molar-refractivity contribution is 6.32. The average Bonchev–Trinajstić information content (AvgIpc) is 2.74. The molecular weight excluding hydrogens is 420 g/mol. The molecule has 158 valence electrons. The molecule has 0 heterocycles. The second-order valence-electron chi connectivity index (χ2n) is 6.60. The minimum atomic E-state index is -1.14. The first-order valence-corrected chi connectivity index (χ1v) is 9.64. The Kier molecular flexibility index (Phi) is 6.89. The first-order valence-electron chi connectivity index (χ1n) is 9.26. The van der Waals surface area contributed by atoms with Gasteiger partial charge in [-0.2, -0.15) is 0 Å². The van der Waals surface area contributed by atoms with Crippen LogP contribution in [-0.4, -0.2) is 29.5 Å². The first-order chi connectivity index (χ1) is 14.8. The van der Waals surface area contributed by atoms with Gasteiger partial charge in [-0.05, 0) is 55.0 Å². The molecule has 2 amide bonds. The maximum atomic E-state index is 12.5. The first kappa shape index (κ1) is 21.9. The van der Waals surface area contributed by atoms with E-state index in [1.165, 1.54) is 18.2 Å². The van der Waals surface area contributed by atoms with E-state index in [1.54, 1.807) is 55.5 Å². The minimum Gasteiger partial charge on any atom is -0.482 e. The zero-order valence-electron chi connectivity index (χ0n) is 16.5. The minimum absolute atomic E-state index is 0.00465. The van der Waals surface area contributed by atoms with E-state index in [4.69, 9.17) is 16.3 Å². The number of carboxylic acids is 1. The van der Waals surface area contributed by atoms with E-state index in [1.807, 2.05) is 0 Å². The van der Waals surface area contributed by atoms with Crippen molar-refractivity contribution in [1.82, 2.24) is 0 Å². The summed E-state index contributed by atoms with van der Waals surface area (Å²) in [5.74, 6) is -1.57. The molecule has 0 aliphatic heterocycles. The van der Waals surface area contributed by atoms with Crippen molar-refractivity contribution >= 4 is 40.8 Å². The fraction of sp³-hybridized carbons (Fsp3) is 0.0870. The van der Waals surface area contributed by atoms with Crippen LogP contribution in [0.4, 0.5) is 11.4 Å². The molecule has 3 aromatic rings. The largest absolute Gasteiger partial charge is 0.482 e. The van der Waals surface area contributed by atoms with E-state index in [-0.39, 0.29) is 23.8 Å². The van der Waals surface area contributed by atoms with Gasteiger partial charge in [0.05, 0.1) is 16.3 Å². The summed E-state index contributed by atoms with van der Waals surface area (Å²) in [4.78, 5) is 36.0. The number of anilines is 2. The molecule has 8 heteroatoms. The lowest BCUT2D eigenvalue weighted by atomic mass is 10.1. The van der Waals surface area contributed by atoms with Crippen LogP contribution in [0.2, 0.25) is 5.02 Å². The van der Waals surface area contributed by atoms with Crippen molar-refractivity contribution in [3.8, 4) is 5.75 Å². The van der Waals surface area contributed by atoms with Gasteiger partial charge in [0, 0.05) is 11.3 Å². The lowest BCUT2D eigenvalue weighted by Gasteiger charge is -2.12. The summed E-state index contributed by atoms with van der Waals surface area (Å²) < 4.78 is 5.41. The summed E-state index contributed by atoms with van der Waals surface area (Å²) in [5.41, 5.74) is 1.70. The van der Waals surface area contributed by atoms with Gasteiger partial charge in [-0.1, -0.05) is 35.9 Å². The van der Waals surface area contributed by atoms with Gasteiger partial charge >= 0.3 is 5.97 Å². The van der Waals surface area contributed by atoms with Crippen LogP contribution in [0.1, 0.15) is 26.3 Å². The predicted octanol–water partition coefficient (Wildman–Crippen LogP) is 4.62. The lowest BCUT2D eigenvalue weighted by Crippen LogP contribution is -2.21. The average molecular weight is 439 g/mol. The van der Waals surface area contributed by atoms with E-state index in [2.05, 4.69) is 10.6 Å². The molecule has 3 N–H and O–H groups in total. The van der Waals surface area contributed by atoms with Crippen molar-refractivity contribution in [2.45, 2.75) is 6.92 Å². The second-order valence-corrected chi connectivity index (χ2v) is 7.01. The van der Waals surface area contributed by atoms with Crippen LogP contribution in [0.3, 0.4) is 0 Å². The van der Waals surface area contributed by atoms with Crippen molar-refractivity contribution in [2.24, 2.45) is 0 Å². The number of amides is 2. The zero-order valence-corrected chi connectivity index (χ0v) is 17.3. The molecule has 0 saturated heterocycles. The number of carboxylic acid groups (broad SMARTS) is 1. The Labute approximate surface area is 183 Å². The molecule has 7 nitrogen and oxygen atoms in total. The molecule has 0 spiro atoms. The topological polar surface area (TPSA) is 105 Å². The number of carbonyl (C=O) groups is 3. The third-order valence-corrected chi connectivity index (χ3v) is 4.68. The Morgan fingerprint density at radius 2 is 1.65 bits per heavy atom. The van der Waals surface area contributed by atoms with Crippen LogP contribution < -0.4 is 15.4 Å². The number of aromatic carboxylic acids is 1. The Morgan fingerprint density at radius 1 is 0.935 bits per heavy atom. The van der Waals surface area contributed by atoms with Gasteiger partial charge in [-0.3, -0.25) is 9.59 Å². The van der Waals surface area contributed by atoms with E-state index in [0.29, 0.717) is 27.6 Å². The summed E-state index contributed by atoms with van der Waals surface area (Å²) in [7, 11) is 0. The predicted molar refractivity (Wildman–Crippen MR) is 118 cm³/mol. The highest BCUT2D eigenvalue weighted by Crippen LogP contribution is 2.23. The number of hydrogen-bond acceptors (Lipinski definition) is 4. The molecule has 0 saturated carbocycles. The number of ether oxygens (including phenoxy) is 1. The summed E-state index contributed by atoms with van der Waals surface area (Å²) >= 11 is 6.00. The molecule has 31 heavy (non-hydrogen) atoms. The number of carbonyl (C=O) groups excluding carboxylic acids is 2. The smallest absolute Gasteiger partial charge is 0.337 e. The Morgan fingerprint density at radius 3 is 2.35 bits per heavy atom. The van der Waals surface area contributed by atoms with Crippen molar-refractivity contribution in [1.29, 1.82) is 0 Å². The van der Waals surface area contributed by atoms with E-state index in [0.717, 1.165) is 0 Å². The number of para-hydroxylation sites is 2. The summed E-state index contributed by atoms with van der Waals surface area (Å²) in [5, 5.41) is 15.0. The van der Waals surface area contributed by atoms with E-state index in [9.17, 15) is 19.5 Å². The van der Waals surface area contributed by atoms with Crippen molar-refractivity contribution in [2.75, 3.05) is 17.2 Å². The Balaban J connectivity index is 1.64. The molecule has 0 atom stereocenters. The maximum absolute atomic E-state index is 12.5. The molecule has 0 radical (unpaired) electrons. The third-order valence-electron chi connectivity index (χ3n) is 4.36. The highest BCUT2D eigenvalue weighted by atomic mass is 35.5. The Hall–Kier alpha value is -3.84. The van der Waals surface area contributed by atoms with Gasteiger partial charge in [0.1, 0.15) is 5.75 Å². The van der Waals surface area contributed by atoms with Crippen LogP contribution in [0.5, 0.6) is 5.75 Å². The standard InChI is InChI=1S/C23H19ClN2O5/c1-14-12-15(22(28)26-19-8-4-2-6-16(19)23(29)30)10-11-18(14)25-21(27)13-31-20-9-5-3-7-17(20)24/h2-12H,13H2,1H3,(H,25,27)(H,26,28)(H,29,30). The van der Waals surface area contributed by atoms with Crippen LogP contribution >= 0.6 is 11.6 Å². The van der Waals surface area contributed by atoms with Crippen molar-refractivity contribution < 1.29 is 24.2 Å². The molecule has 0 aromatic heterocycles. The number of nitrogens with one attached hydrogen (secondary N) is 2. The maximum Gasteiger partial charge on any atom is 0.337 e. The second kappa shape index (κ2) is 9.77. The molecule has 0 aliphatic rings. The van der Waals surface area contributed by atoms with Gasteiger partial charge in [0.15, 0.2) is 6.61 Å². The van der Waals surface area contributed by atoms with Crippen LogP contribution in [0.15, 0.2) is 66.7 Å². The van der Waals surface area contributed by atoms with Crippen LogP contribution in [-0.2, 0) is 4.79 Å². The zero-order chi connectivity index (χ0) is 22.4. The normalized spacial score (nSPS) is 10.3. The lowest BCUT2D eigenvalue weighted by molar-refractivity contribution is -0.118. The highest BCUT2D eigenvalue weighted by Gasteiger charge is 2.14. The van der Waals surface area contributed by atoms with Gasteiger partial charge in [-0.25, -0.2) is 4.79 Å². The quantitative estimate of drug-likeness (QED) is 0.499. The van der Waals surface area contributed by atoms with E-state index < -0.39 is 11.9 Å². The molecule has 0 unspecified atom stereocenters. The molecular formula is C23H19ClN2O5. The summed E-state index contributed by atoms with van der Waals surface area (Å²) in [6, 6.07) is 17.7.